The molecule has 0 amide bonds. The fourth-order valence-electron chi connectivity index (χ4n) is 3.08. The van der Waals surface area contributed by atoms with Crippen LogP contribution in [0.3, 0.4) is 0 Å². The van der Waals surface area contributed by atoms with E-state index in [-0.39, 0.29) is 12.6 Å². The van der Waals surface area contributed by atoms with Gasteiger partial charge < -0.3 is 4.74 Å². The maximum Gasteiger partial charge on any atom is 0.573 e. The van der Waals surface area contributed by atoms with E-state index in [9.17, 15) is 21.6 Å². The van der Waals surface area contributed by atoms with Crippen LogP contribution in [-0.4, -0.2) is 25.6 Å². The minimum absolute atomic E-state index is 0.231. The van der Waals surface area contributed by atoms with Gasteiger partial charge in [-0.25, -0.2) is 8.42 Å². The topological polar surface area (TPSA) is 46.6 Å². The molecule has 25 heavy (non-hydrogen) atoms. The maximum atomic E-state index is 13.1. The molecule has 0 saturated heterocycles. The first kappa shape index (κ1) is 18.2. The van der Waals surface area contributed by atoms with Crippen molar-refractivity contribution in [3.63, 3.8) is 0 Å². The quantitative estimate of drug-likeness (QED) is 0.779. The molecule has 0 spiro atoms. The lowest BCUT2D eigenvalue weighted by Gasteiger charge is -2.34. The third kappa shape index (κ3) is 3.54. The standard InChI is InChI=1S/C16H16F3NO3S2/c1-2-12-11-8-10-24-14(11)7-9-20(12)25(21,22)15-6-4-3-5-13(15)23-16(17,18)19/h3-6,8,10,12H,2,7,9H2,1H3. The summed E-state index contributed by atoms with van der Waals surface area (Å²) in [5, 5.41) is 1.91. The third-order valence-electron chi connectivity index (χ3n) is 4.09. The first-order valence-electron chi connectivity index (χ1n) is 7.67. The van der Waals surface area contributed by atoms with E-state index in [1.807, 2.05) is 18.4 Å². The lowest BCUT2D eigenvalue weighted by molar-refractivity contribution is -0.275. The Hall–Kier alpha value is -1.58. The summed E-state index contributed by atoms with van der Waals surface area (Å²) in [7, 11) is -4.13. The summed E-state index contributed by atoms with van der Waals surface area (Å²) in [4.78, 5) is 0.655. The van der Waals surface area contributed by atoms with Crippen LogP contribution >= 0.6 is 11.3 Å². The lowest BCUT2D eigenvalue weighted by Crippen LogP contribution is -2.39. The smallest absolute Gasteiger partial charge is 0.404 e. The minimum Gasteiger partial charge on any atom is -0.404 e. The van der Waals surface area contributed by atoms with Crippen LogP contribution in [-0.2, 0) is 16.4 Å². The van der Waals surface area contributed by atoms with Gasteiger partial charge in [-0.2, -0.15) is 4.31 Å². The van der Waals surface area contributed by atoms with Gasteiger partial charge in [0.05, 0.1) is 6.04 Å². The van der Waals surface area contributed by atoms with Gasteiger partial charge in [-0.3, -0.25) is 0 Å². The minimum atomic E-state index is -4.96. The van der Waals surface area contributed by atoms with Gasteiger partial charge in [0, 0.05) is 11.4 Å². The molecule has 1 unspecified atom stereocenters. The lowest BCUT2D eigenvalue weighted by atomic mass is 10.0. The maximum absolute atomic E-state index is 13.1. The monoisotopic (exact) mass is 391 g/mol. The highest BCUT2D eigenvalue weighted by molar-refractivity contribution is 7.89. The number of hydrogen-bond acceptors (Lipinski definition) is 4. The summed E-state index contributed by atoms with van der Waals surface area (Å²) in [5.41, 5.74) is 0.927. The Morgan fingerprint density at radius 2 is 2.00 bits per heavy atom. The van der Waals surface area contributed by atoms with Gasteiger partial charge in [0.15, 0.2) is 0 Å². The molecule has 0 fully saturated rings. The highest BCUT2D eigenvalue weighted by atomic mass is 32.2. The van der Waals surface area contributed by atoms with E-state index in [4.69, 9.17) is 0 Å². The number of halogens is 3. The highest BCUT2D eigenvalue weighted by Crippen LogP contribution is 2.40. The molecule has 0 bridgehead atoms. The third-order valence-corrected chi connectivity index (χ3v) is 7.04. The van der Waals surface area contributed by atoms with E-state index in [2.05, 4.69) is 4.74 Å². The number of thiophene rings is 1. The number of fused-ring (bicyclic) bond motifs is 1. The van der Waals surface area contributed by atoms with Gasteiger partial charge in [0.2, 0.25) is 10.0 Å². The summed E-state index contributed by atoms with van der Waals surface area (Å²) in [6.07, 6.45) is -3.88. The van der Waals surface area contributed by atoms with Crippen LogP contribution in [0.15, 0.2) is 40.6 Å². The molecule has 1 aromatic heterocycles. The van der Waals surface area contributed by atoms with E-state index in [0.29, 0.717) is 12.8 Å². The molecule has 0 radical (unpaired) electrons. The molecule has 1 aliphatic rings. The van der Waals surface area contributed by atoms with E-state index < -0.39 is 27.0 Å². The number of sulfonamides is 1. The molecule has 2 heterocycles. The second-order valence-corrected chi connectivity index (χ2v) is 8.44. The van der Waals surface area contributed by atoms with Crippen molar-refractivity contribution in [3.8, 4) is 5.75 Å². The number of ether oxygens (including phenoxy) is 1. The zero-order chi connectivity index (χ0) is 18.2. The average Bonchev–Trinajstić information content (AvgIpc) is 3.01. The van der Waals surface area contributed by atoms with Crippen LogP contribution in [0.2, 0.25) is 0 Å². The van der Waals surface area contributed by atoms with Crippen molar-refractivity contribution in [3.05, 3.63) is 46.2 Å². The van der Waals surface area contributed by atoms with E-state index in [1.165, 1.54) is 16.4 Å². The van der Waals surface area contributed by atoms with Crippen molar-refractivity contribution in [2.75, 3.05) is 6.54 Å². The van der Waals surface area contributed by atoms with Gasteiger partial charge in [-0.15, -0.1) is 24.5 Å². The Bertz CT molecular complexity index is 862. The summed E-state index contributed by atoms with van der Waals surface area (Å²) in [6.45, 7) is 2.09. The Balaban J connectivity index is 2.03. The molecule has 1 aromatic carbocycles. The van der Waals surface area contributed by atoms with Crippen molar-refractivity contribution in [1.29, 1.82) is 0 Å². The Labute approximate surface area is 147 Å². The first-order valence-corrected chi connectivity index (χ1v) is 9.99. The van der Waals surface area contributed by atoms with Gasteiger partial charge >= 0.3 is 6.36 Å². The summed E-state index contributed by atoms with van der Waals surface area (Å²) in [6, 6.07) is 6.35. The van der Waals surface area contributed by atoms with Crippen LogP contribution < -0.4 is 4.74 Å². The zero-order valence-electron chi connectivity index (χ0n) is 13.3. The molecular weight excluding hydrogens is 375 g/mol. The van der Waals surface area contributed by atoms with Crippen molar-refractivity contribution in [2.24, 2.45) is 0 Å². The van der Waals surface area contributed by atoms with Gasteiger partial charge in [-0.1, -0.05) is 19.1 Å². The Kier molecular flexibility index (Phi) is 4.82. The van der Waals surface area contributed by atoms with Crippen molar-refractivity contribution < 1.29 is 26.3 Å². The van der Waals surface area contributed by atoms with E-state index in [1.54, 1.807) is 11.3 Å². The molecule has 0 aliphatic carbocycles. The normalized spacial score (nSPS) is 18.8. The van der Waals surface area contributed by atoms with Crippen LogP contribution in [0, 0.1) is 0 Å². The second-order valence-electron chi connectivity index (χ2n) is 5.58. The largest absolute Gasteiger partial charge is 0.573 e. The molecule has 2 aromatic rings. The van der Waals surface area contributed by atoms with E-state index >= 15 is 0 Å². The van der Waals surface area contributed by atoms with Crippen molar-refractivity contribution >= 4 is 21.4 Å². The van der Waals surface area contributed by atoms with Crippen LogP contribution in [0.4, 0.5) is 13.2 Å². The number of hydrogen-bond donors (Lipinski definition) is 0. The van der Waals surface area contributed by atoms with Crippen LogP contribution in [0.25, 0.3) is 0 Å². The highest BCUT2D eigenvalue weighted by Gasteiger charge is 2.39. The van der Waals surface area contributed by atoms with Crippen LogP contribution in [0.1, 0.15) is 29.8 Å². The van der Waals surface area contributed by atoms with Crippen molar-refractivity contribution in [2.45, 2.75) is 37.1 Å². The summed E-state index contributed by atoms with van der Waals surface area (Å²) < 4.78 is 69.2. The SMILES string of the molecule is CCC1c2ccsc2CCN1S(=O)(=O)c1ccccc1OC(F)(F)F. The molecule has 0 saturated carbocycles. The molecule has 9 heteroatoms. The Morgan fingerprint density at radius 3 is 2.68 bits per heavy atom. The van der Waals surface area contributed by atoms with Gasteiger partial charge in [-0.05, 0) is 42.0 Å². The predicted molar refractivity (Wildman–Crippen MR) is 88.1 cm³/mol. The fraction of sp³-hybridized carbons (Fsp3) is 0.375. The fourth-order valence-corrected chi connectivity index (χ4v) is 5.81. The summed E-state index contributed by atoms with van der Waals surface area (Å²) >= 11 is 1.57. The van der Waals surface area contributed by atoms with Crippen molar-refractivity contribution in [1.82, 2.24) is 4.31 Å². The number of nitrogens with zero attached hydrogens (tertiary/aromatic N) is 1. The molecular formula is C16H16F3NO3S2. The number of alkyl halides is 3. The molecule has 0 N–H and O–H groups in total. The molecule has 1 aliphatic heterocycles. The zero-order valence-corrected chi connectivity index (χ0v) is 14.9. The molecule has 136 valence electrons. The number of rotatable bonds is 4. The number of benzene rings is 1. The van der Waals surface area contributed by atoms with Crippen LogP contribution in [0.5, 0.6) is 5.75 Å². The first-order chi connectivity index (χ1) is 11.7. The second kappa shape index (κ2) is 6.62. The van der Waals surface area contributed by atoms with Gasteiger partial charge in [0.25, 0.3) is 0 Å². The van der Waals surface area contributed by atoms with Gasteiger partial charge in [0.1, 0.15) is 10.6 Å². The number of para-hydroxylation sites is 1. The molecule has 3 rings (SSSR count). The average molecular weight is 391 g/mol. The van der Waals surface area contributed by atoms with E-state index in [0.717, 1.165) is 22.6 Å². The molecule has 1 atom stereocenters. The molecule has 4 nitrogen and oxygen atoms in total. The predicted octanol–water partition coefficient (Wildman–Crippen LogP) is 4.34. The summed E-state index contributed by atoms with van der Waals surface area (Å²) in [5.74, 6) is -0.707. The Morgan fingerprint density at radius 1 is 1.28 bits per heavy atom.